The number of rotatable bonds is 6. The van der Waals surface area contributed by atoms with Gasteiger partial charge in [-0.05, 0) is 41.8 Å². The molecule has 0 fully saturated rings. The van der Waals surface area contributed by atoms with Crippen molar-refractivity contribution in [2.24, 2.45) is 0 Å². The molecule has 0 aliphatic carbocycles. The minimum Gasteiger partial charge on any atom is -0.497 e. The van der Waals surface area contributed by atoms with Crippen molar-refractivity contribution in [3.63, 3.8) is 0 Å². The molecule has 4 nitrogen and oxygen atoms in total. The highest BCUT2D eigenvalue weighted by atomic mass is 35.5. The van der Waals surface area contributed by atoms with Crippen LogP contribution in [0.3, 0.4) is 0 Å². The Kier molecular flexibility index (Phi) is 6.29. The molecule has 0 bridgehead atoms. The first kappa shape index (κ1) is 17.2. The van der Waals surface area contributed by atoms with E-state index in [2.05, 4.69) is 5.32 Å². The van der Waals surface area contributed by atoms with Crippen LogP contribution in [-0.4, -0.2) is 31.6 Å². The molecule has 2 amide bonds. The molecule has 122 valence electrons. The van der Waals surface area contributed by atoms with Gasteiger partial charge in [-0.1, -0.05) is 35.9 Å². The van der Waals surface area contributed by atoms with Gasteiger partial charge in [0.05, 0.1) is 7.11 Å². The van der Waals surface area contributed by atoms with E-state index < -0.39 is 0 Å². The SMILES string of the molecule is COc1ccc(CN(C)C(=O)NCCc2cccc(Cl)c2)cc1. The summed E-state index contributed by atoms with van der Waals surface area (Å²) in [4.78, 5) is 13.7. The minimum atomic E-state index is -0.0946. The summed E-state index contributed by atoms with van der Waals surface area (Å²) in [6.45, 7) is 1.12. The highest BCUT2D eigenvalue weighted by Crippen LogP contribution is 2.13. The Bertz CT molecular complexity index is 644. The van der Waals surface area contributed by atoms with E-state index in [0.29, 0.717) is 18.1 Å². The van der Waals surface area contributed by atoms with Crippen LogP contribution >= 0.6 is 11.6 Å². The van der Waals surface area contributed by atoms with Crippen LogP contribution in [0.2, 0.25) is 5.02 Å². The van der Waals surface area contributed by atoms with Crippen molar-refractivity contribution in [3.8, 4) is 5.75 Å². The number of amides is 2. The Morgan fingerprint density at radius 3 is 2.57 bits per heavy atom. The van der Waals surface area contributed by atoms with E-state index in [1.165, 1.54) is 0 Å². The molecule has 5 heteroatoms. The van der Waals surface area contributed by atoms with Crippen LogP contribution in [-0.2, 0) is 13.0 Å². The fourth-order valence-electron chi connectivity index (χ4n) is 2.22. The normalized spacial score (nSPS) is 10.2. The van der Waals surface area contributed by atoms with Gasteiger partial charge in [0.25, 0.3) is 0 Å². The molecular weight excluding hydrogens is 312 g/mol. The standard InChI is InChI=1S/C18H21ClN2O2/c1-21(13-15-6-8-17(23-2)9-7-15)18(22)20-11-10-14-4-3-5-16(19)12-14/h3-9,12H,10-11,13H2,1-2H3,(H,20,22). The molecule has 1 N–H and O–H groups in total. The van der Waals surface area contributed by atoms with Gasteiger partial charge < -0.3 is 15.0 Å². The van der Waals surface area contributed by atoms with E-state index in [4.69, 9.17) is 16.3 Å². The molecule has 23 heavy (non-hydrogen) atoms. The zero-order chi connectivity index (χ0) is 16.7. The highest BCUT2D eigenvalue weighted by molar-refractivity contribution is 6.30. The number of urea groups is 1. The number of hydrogen-bond acceptors (Lipinski definition) is 2. The zero-order valence-corrected chi connectivity index (χ0v) is 14.1. The molecular formula is C18H21ClN2O2. The Morgan fingerprint density at radius 2 is 1.91 bits per heavy atom. The summed E-state index contributed by atoms with van der Waals surface area (Å²) in [5, 5.41) is 3.63. The summed E-state index contributed by atoms with van der Waals surface area (Å²) in [7, 11) is 3.41. The van der Waals surface area contributed by atoms with Crippen molar-refractivity contribution in [1.29, 1.82) is 0 Å². The number of benzene rings is 2. The average Bonchev–Trinajstić information content (AvgIpc) is 2.55. The average molecular weight is 333 g/mol. The van der Waals surface area contributed by atoms with E-state index >= 15 is 0 Å². The van der Waals surface area contributed by atoms with E-state index in [0.717, 1.165) is 23.3 Å². The molecule has 2 aromatic carbocycles. The van der Waals surface area contributed by atoms with Crippen LogP contribution in [0.15, 0.2) is 48.5 Å². The maximum atomic E-state index is 12.1. The number of methoxy groups -OCH3 is 1. The van der Waals surface area contributed by atoms with E-state index in [-0.39, 0.29) is 6.03 Å². The lowest BCUT2D eigenvalue weighted by Crippen LogP contribution is -2.37. The lowest BCUT2D eigenvalue weighted by atomic mass is 10.1. The maximum Gasteiger partial charge on any atom is 0.317 e. The van der Waals surface area contributed by atoms with Crippen molar-refractivity contribution in [2.45, 2.75) is 13.0 Å². The Hall–Kier alpha value is -2.20. The van der Waals surface area contributed by atoms with Gasteiger partial charge in [-0.15, -0.1) is 0 Å². The Morgan fingerprint density at radius 1 is 1.17 bits per heavy atom. The first-order valence-corrected chi connectivity index (χ1v) is 7.82. The highest BCUT2D eigenvalue weighted by Gasteiger charge is 2.08. The molecule has 0 aliphatic heterocycles. The quantitative estimate of drug-likeness (QED) is 0.875. The lowest BCUT2D eigenvalue weighted by Gasteiger charge is -2.18. The van der Waals surface area contributed by atoms with Crippen LogP contribution < -0.4 is 10.1 Å². The number of carbonyl (C=O) groups is 1. The molecule has 0 saturated heterocycles. The van der Waals surface area contributed by atoms with Crippen LogP contribution in [0.4, 0.5) is 4.79 Å². The molecule has 2 rings (SSSR count). The fourth-order valence-corrected chi connectivity index (χ4v) is 2.43. The van der Waals surface area contributed by atoms with Crippen molar-refractivity contribution in [1.82, 2.24) is 10.2 Å². The van der Waals surface area contributed by atoms with Crippen molar-refractivity contribution < 1.29 is 9.53 Å². The second kappa shape index (κ2) is 8.44. The molecule has 0 spiro atoms. The van der Waals surface area contributed by atoms with Gasteiger partial charge >= 0.3 is 6.03 Å². The number of nitrogens with one attached hydrogen (secondary N) is 1. The van der Waals surface area contributed by atoms with Gasteiger partial charge in [-0.2, -0.15) is 0 Å². The summed E-state index contributed by atoms with van der Waals surface area (Å²) in [6, 6.07) is 15.3. The molecule has 0 saturated carbocycles. The first-order valence-electron chi connectivity index (χ1n) is 7.45. The maximum absolute atomic E-state index is 12.1. The van der Waals surface area contributed by atoms with Gasteiger partial charge in [-0.3, -0.25) is 0 Å². The third-order valence-corrected chi connectivity index (χ3v) is 3.74. The summed E-state index contributed by atoms with van der Waals surface area (Å²) in [5.41, 5.74) is 2.16. The van der Waals surface area contributed by atoms with Crippen LogP contribution in [0.5, 0.6) is 5.75 Å². The smallest absolute Gasteiger partial charge is 0.317 e. The molecule has 0 atom stereocenters. The third kappa shape index (κ3) is 5.49. The summed E-state index contributed by atoms with van der Waals surface area (Å²) in [6.07, 6.45) is 0.753. The topological polar surface area (TPSA) is 41.6 Å². The Balaban J connectivity index is 1.78. The van der Waals surface area contributed by atoms with Crippen molar-refractivity contribution in [2.75, 3.05) is 20.7 Å². The molecule has 0 unspecified atom stereocenters. The van der Waals surface area contributed by atoms with E-state index in [9.17, 15) is 4.79 Å². The number of nitrogens with zero attached hydrogens (tertiary/aromatic N) is 1. The van der Waals surface area contributed by atoms with Crippen molar-refractivity contribution >= 4 is 17.6 Å². The van der Waals surface area contributed by atoms with Gasteiger partial charge in [0.15, 0.2) is 0 Å². The summed E-state index contributed by atoms with van der Waals surface area (Å²) >= 11 is 5.94. The molecule has 0 heterocycles. The van der Waals surface area contributed by atoms with Gasteiger partial charge in [0.1, 0.15) is 5.75 Å². The Labute approximate surface area is 142 Å². The fraction of sp³-hybridized carbons (Fsp3) is 0.278. The van der Waals surface area contributed by atoms with Gasteiger partial charge in [0.2, 0.25) is 0 Å². The number of halogens is 1. The second-order valence-electron chi connectivity index (χ2n) is 5.32. The molecule has 0 aliphatic rings. The second-order valence-corrected chi connectivity index (χ2v) is 5.75. The predicted octanol–water partition coefficient (Wildman–Crippen LogP) is 3.73. The summed E-state index contributed by atoms with van der Waals surface area (Å²) in [5.74, 6) is 0.808. The van der Waals surface area contributed by atoms with Gasteiger partial charge in [0, 0.05) is 25.2 Å². The molecule has 0 aromatic heterocycles. The predicted molar refractivity (Wildman–Crippen MR) is 93.0 cm³/mol. The van der Waals surface area contributed by atoms with Crippen LogP contribution in [0.25, 0.3) is 0 Å². The third-order valence-electron chi connectivity index (χ3n) is 3.50. The summed E-state index contributed by atoms with van der Waals surface area (Å²) < 4.78 is 5.12. The van der Waals surface area contributed by atoms with Crippen LogP contribution in [0.1, 0.15) is 11.1 Å². The minimum absolute atomic E-state index is 0.0946. The zero-order valence-electron chi connectivity index (χ0n) is 13.4. The van der Waals surface area contributed by atoms with E-state index in [1.807, 2.05) is 48.5 Å². The largest absolute Gasteiger partial charge is 0.497 e. The lowest BCUT2D eigenvalue weighted by molar-refractivity contribution is 0.207. The monoisotopic (exact) mass is 332 g/mol. The van der Waals surface area contributed by atoms with E-state index in [1.54, 1.807) is 19.1 Å². The van der Waals surface area contributed by atoms with Crippen molar-refractivity contribution in [3.05, 3.63) is 64.7 Å². The van der Waals surface area contributed by atoms with Crippen LogP contribution in [0, 0.1) is 0 Å². The number of hydrogen-bond donors (Lipinski definition) is 1. The number of ether oxygens (including phenoxy) is 1. The first-order chi connectivity index (χ1) is 11.1. The van der Waals surface area contributed by atoms with Gasteiger partial charge in [-0.25, -0.2) is 4.79 Å². The molecule has 0 radical (unpaired) electrons. The number of carbonyl (C=O) groups excluding carboxylic acids is 1. The molecule has 2 aromatic rings.